The molecule has 2 aromatic rings. The third kappa shape index (κ3) is 3.47. The zero-order valence-corrected chi connectivity index (χ0v) is 12.4. The van der Waals surface area contributed by atoms with E-state index in [2.05, 4.69) is 21.2 Å². The minimum atomic E-state index is -0.254. The van der Waals surface area contributed by atoms with Crippen LogP contribution in [0.1, 0.15) is 11.1 Å². The highest BCUT2D eigenvalue weighted by Crippen LogP contribution is 2.26. The first kappa shape index (κ1) is 13.9. The van der Waals surface area contributed by atoms with Gasteiger partial charge in [-0.25, -0.2) is 4.39 Å². The Balaban J connectivity index is 2.13. The van der Waals surface area contributed by atoms with E-state index in [1.165, 1.54) is 6.07 Å². The van der Waals surface area contributed by atoms with Gasteiger partial charge in [-0.15, -0.1) is 0 Å². The summed E-state index contributed by atoms with van der Waals surface area (Å²) in [5.74, 6) is 0.527. The summed E-state index contributed by atoms with van der Waals surface area (Å²) in [6.45, 7) is 2.56. The van der Waals surface area contributed by atoms with Crippen LogP contribution in [-0.2, 0) is 6.54 Å². The predicted octanol–water partition coefficient (Wildman–Crippen LogP) is 4.52. The SMILES string of the molecule is COc1ccc(C)cc1NCc1ccc(Br)c(F)c1. The third-order valence-corrected chi connectivity index (χ3v) is 3.47. The predicted molar refractivity (Wildman–Crippen MR) is 79.2 cm³/mol. The fourth-order valence-electron chi connectivity index (χ4n) is 1.81. The average Bonchev–Trinajstić information content (AvgIpc) is 2.40. The largest absolute Gasteiger partial charge is 0.495 e. The van der Waals surface area contributed by atoms with Gasteiger partial charge in [0.05, 0.1) is 17.3 Å². The van der Waals surface area contributed by atoms with Crippen LogP contribution in [0.4, 0.5) is 10.1 Å². The smallest absolute Gasteiger partial charge is 0.141 e. The van der Waals surface area contributed by atoms with Crippen LogP contribution in [0.3, 0.4) is 0 Å². The number of nitrogens with one attached hydrogen (secondary N) is 1. The van der Waals surface area contributed by atoms with Crippen LogP contribution < -0.4 is 10.1 Å². The molecular weight excluding hydrogens is 309 g/mol. The molecule has 0 bridgehead atoms. The van der Waals surface area contributed by atoms with Crippen molar-refractivity contribution >= 4 is 21.6 Å². The van der Waals surface area contributed by atoms with Crippen molar-refractivity contribution in [2.45, 2.75) is 13.5 Å². The summed E-state index contributed by atoms with van der Waals surface area (Å²) < 4.78 is 19.2. The van der Waals surface area contributed by atoms with Crippen LogP contribution in [0.15, 0.2) is 40.9 Å². The van der Waals surface area contributed by atoms with Gasteiger partial charge in [-0.05, 0) is 58.2 Å². The molecule has 1 N–H and O–H groups in total. The Morgan fingerprint density at radius 1 is 1.21 bits per heavy atom. The van der Waals surface area contributed by atoms with Crippen molar-refractivity contribution in [3.63, 3.8) is 0 Å². The zero-order valence-electron chi connectivity index (χ0n) is 10.8. The van der Waals surface area contributed by atoms with Gasteiger partial charge in [-0.2, -0.15) is 0 Å². The van der Waals surface area contributed by atoms with Crippen molar-refractivity contribution in [2.75, 3.05) is 12.4 Å². The molecule has 0 unspecified atom stereocenters. The molecule has 0 radical (unpaired) electrons. The van der Waals surface area contributed by atoms with E-state index in [4.69, 9.17) is 4.74 Å². The van der Waals surface area contributed by atoms with E-state index in [-0.39, 0.29) is 5.82 Å². The summed E-state index contributed by atoms with van der Waals surface area (Å²) in [5, 5.41) is 3.26. The first-order valence-electron chi connectivity index (χ1n) is 5.92. The van der Waals surface area contributed by atoms with Gasteiger partial charge in [0.1, 0.15) is 11.6 Å². The molecule has 0 amide bonds. The van der Waals surface area contributed by atoms with Gasteiger partial charge in [-0.1, -0.05) is 12.1 Å². The molecule has 0 spiro atoms. The van der Waals surface area contributed by atoms with Crippen molar-refractivity contribution in [1.29, 1.82) is 0 Å². The highest BCUT2D eigenvalue weighted by molar-refractivity contribution is 9.10. The minimum Gasteiger partial charge on any atom is -0.495 e. The lowest BCUT2D eigenvalue weighted by molar-refractivity contribution is 0.416. The first-order valence-corrected chi connectivity index (χ1v) is 6.72. The number of ether oxygens (including phenoxy) is 1. The number of benzene rings is 2. The number of methoxy groups -OCH3 is 1. The van der Waals surface area contributed by atoms with E-state index >= 15 is 0 Å². The molecule has 19 heavy (non-hydrogen) atoms. The number of halogens is 2. The van der Waals surface area contributed by atoms with Crippen LogP contribution in [0.5, 0.6) is 5.75 Å². The second-order valence-electron chi connectivity index (χ2n) is 4.31. The van der Waals surface area contributed by atoms with Crippen LogP contribution >= 0.6 is 15.9 Å². The molecule has 4 heteroatoms. The van der Waals surface area contributed by atoms with E-state index in [0.29, 0.717) is 11.0 Å². The summed E-state index contributed by atoms with van der Waals surface area (Å²) in [6, 6.07) is 11.0. The van der Waals surface area contributed by atoms with Crippen molar-refractivity contribution in [3.05, 3.63) is 57.8 Å². The summed E-state index contributed by atoms with van der Waals surface area (Å²) in [4.78, 5) is 0. The van der Waals surface area contributed by atoms with E-state index in [0.717, 1.165) is 22.6 Å². The Bertz CT molecular complexity index is 586. The second-order valence-corrected chi connectivity index (χ2v) is 5.16. The normalized spacial score (nSPS) is 10.3. The van der Waals surface area contributed by atoms with E-state index in [1.807, 2.05) is 31.2 Å². The molecule has 2 nitrogen and oxygen atoms in total. The molecule has 0 aromatic heterocycles. The average molecular weight is 324 g/mol. The Morgan fingerprint density at radius 2 is 2.00 bits per heavy atom. The second kappa shape index (κ2) is 6.06. The Morgan fingerprint density at radius 3 is 2.68 bits per heavy atom. The molecule has 0 aliphatic rings. The monoisotopic (exact) mass is 323 g/mol. The molecule has 0 aliphatic carbocycles. The number of rotatable bonds is 4. The van der Waals surface area contributed by atoms with Gasteiger partial charge in [0, 0.05) is 6.54 Å². The van der Waals surface area contributed by atoms with Crippen molar-refractivity contribution in [2.24, 2.45) is 0 Å². The summed E-state index contributed by atoms with van der Waals surface area (Å²) in [7, 11) is 1.63. The van der Waals surface area contributed by atoms with E-state index in [1.54, 1.807) is 13.2 Å². The van der Waals surface area contributed by atoms with Crippen LogP contribution in [0.25, 0.3) is 0 Å². The maximum Gasteiger partial charge on any atom is 0.141 e. The van der Waals surface area contributed by atoms with Crippen molar-refractivity contribution < 1.29 is 9.13 Å². The molecule has 100 valence electrons. The number of aryl methyl sites for hydroxylation is 1. The molecular formula is C15H15BrFNO. The Hall–Kier alpha value is -1.55. The minimum absolute atomic E-state index is 0.254. The first-order chi connectivity index (χ1) is 9.10. The Kier molecular flexibility index (Phi) is 4.43. The fourth-order valence-corrected chi connectivity index (χ4v) is 2.05. The van der Waals surface area contributed by atoms with Gasteiger partial charge in [-0.3, -0.25) is 0 Å². The molecule has 0 saturated heterocycles. The van der Waals surface area contributed by atoms with Gasteiger partial charge in [0.15, 0.2) is 0 Å². The molecule has 0 saturated carbocycles. The lowest BCUT2D eigenvalue weighted by Gasteiger charge is -2.12. The van der Waals surface area contributed by atoms with Gasteiger partial charge in [0.2, 0.25) is 0 Å². The molecule has 2 aromatic carbocycles. The van der Waals surface area contributed by atoms with Crippen LogP contribution in [0.2, 0.25) is 0 Å². The lowest BCUT2D eigenvalue weighted by atomic mass is 10.2. The molecule has 0 fully saturated rings. The maximum absolute atomic E-state index is 13.4. The maximum atomic E-state index is 13.4. The van der Waals surface area contributed by atoms with E-state index < -0.39 is 0 Å². The van der Waals surface area contributed by atoms with Gasteiger partial charge < -0.3 is 10.1 Å². The topological polar surface area (TPSA) is 21.3 Å². The summed E-state index contributed by atoms with van der Waals surface area (Å²) in [6.07, 6.45) is 0. The van der Waals surface area contributed by atoms with Gasteiger partial charge >= 0.3 is 0 Å². The molecule has 2 rings (SSSR count). The molecule has 0 heterocycles. The number of hydrogen-bond acceptors (Lipinski definition) is 2. The molecule has 0 atom stereocenters. The van der Waals surface area contributed by atoms with Crippen LogP contribution in [-0.4, -0.2) is 7.11 Å². The van der Waals surface area contributed by atoms with Gasteiger partial charge in [0.25, 0.3) is 0 Å². The number of hydrogen-bond donors (Lipinski definition) is 1. The summed E-state index contributed by atoms with van der Waals surface area (Å²) >= 11 is 3.14. The zero-order chi connectivity index (χ0) is 13.8. The lowest BCUT2D eigenvalue weighted by Crippen LogP contribution is -2.02. The highest BCUT2D eigenvalue weighted by atomic mass is 79.9. The molecule has 0 aliphatic heterocycles. The fraction of sp³-hybridized carbons (Fsp3) is 0.200. The summed E-state index contributed by atoms with van der Waals surface area (Å²) in [5.41, 5.74) is 2.93. The highest BCUT2D eigenvalue weighted by Gasteiger charge is 2.04. The van der Waals surface area contributed by atoms with Crippen molar-refractivity contribution in [1.82, 2.24) is 0 Å². The van der Waals surface area contributed by atoms with E-state index in [9.17, 15) is 4.39 Å². The quantitative estimate of drug-likeness (QED) is 0.893. The van der Waals surface area contributed by atoms with Crippen LogP contribution in [0, 0.1) is 12.7 Å². The third-order valence-electron chi connectivity index (χ3n) is 2.82. The van der Waals surface area contributed by atoms with Crippen molar-refractivity contribution in [3.8, 4) is 5.75 Å². The Labute approximate surface area is 120 Å². The number of anilines is 1. The standard InChI is InChI=1S/C15H15BrFNO/c1-10-3-6-15(19-2)14(7-10)18-9-11-4-5-12(16)13(17)8-11/h3-8,18H,9H2,1-2H3.